The third-order valence-electron chi connectivity index (χ3n) is 3.89. The van der Waals surface area contributed by atoms with E-state index >= 15 is 0 Å². The lowest BCUT2D eigenvalue weighted by atomic mass is 10.0. The molecule has 1 aliphatic rings. The molecule has 0 atom stereocenters. The molecule has 1 aromatic rings. The van der Waals surface area contributed by atoms with Crippen molar-refractivity contribution in [1.29, 1.82) is 0 Å². The molecule has 1 saturated heterocycles. The zero-order valence-electron chi connectivity index (χ0n) is 14.6. The molecule has 2 rings (SSSR count). The van der Waals surface area contributed by atoms with Gasteiger partial charge in [0.25, 0.3) is 0 Å². The number of amides is 1. The second kappa shape index (κ2) is 7.01. The minimum Gasteiger partial charge on any atom is -0.444 e. The van der Waals surface area contributed by atoms with Crippen LogP contribution in [0, 0.1) is 0 Å². The van der Waals surface area contributed by atoms with Crippen molar-refractivity contribution in [3.8, 4) is 0 Å². The van der Waals surface area contributed by atoms with E-state index in [4.69, 9.17) is 10.5 Å². The van der Waals surface area contributed by atoms with E-state index in [0.717, 1.165) is 12.1 Å². The molecule has 1 heterocycles. The number of nitrogen functional groups attached to an aromatic ring is 1. The molecular weight excluding hydrogens is 335 g/mol. The quantitative estimate of drug-likeness (QED) is 0.780. The SMILES string of the molecule is CC(C)(C)OC(=O)N1CCC(Nc2cc(C(F)(F)F)ccc2N)CC1. The number of nitrogens with two attached hydrogens (primary N) is 1. The highest BCUT2D eigenvalue weighted by Gasteiger charge is 2.31. The molecule has 140 valence electrons. The first-order chi connectivity index (χ1) is 11.5. The highest BCUT2D eigenvalue weighted by atomic mass is 19.4. The molecule has 3 N–H and O–H groups in total. The molecule has 0 aromatic heterocycles. The summed E-state index contributed by atoms with van der Waals surface area (Å²) in [5, 5.41) is 3.07. The number of ether oxygens (including phenoxy) is 1. The van der Waals surface area contributed by atoms with Crippen molar-refractivity contribution >= 4 is 17.5 Å². The fourth-order valence-corrected chi connectivity index (χ4v) is 2.61. The lowest BCUT2D eigenvalue weighted by Gasteiger charge is -2.34. The molecule has 1 aliphatic heterocycles. The van der Waals surface area contributed by atoms with Crippen molar-refractivity contribution in [2.24, 2.45) is 0 Å². The molecule has 1 aromatic carbocycles. The molecule has 25 heavy (non-hydrogen) atoms. The standard InChI is InChI=1S/C17H24F3N3O2/c1-16(2,3)25-15(24)23-8-6-12(7-9-23)22-14-10-11(17(18,19)20)4-5-13(14)21/h4-5,10,12,22H,6-9,21H2,1-3H3. The van der Waals surface area contributed by atoms with E-state index in [0.29, 0.717) is 25.9 Å². The molecule has 0 saturated carbocycles. The van der Waals surface area contributed by atoms with Crippen LogP contribution in [-0.2, 0) is 10.9 Å². The normalized spacial score (nSPS) is 16.6. The van der Waals surface area contributed by atoms with Gasteiger partial charge >= 0.3 is 12.3 Å². The summed E-state index contributed by atoms with van der Waals surface area (Å²) >= 11 is 0. The number of anilines is 2. The predicted octanol–water partition coefficient (Wildman–Crippen LogP) is 4.10. The molecule has 8 heteroatoms. The minimum absolute atomic E-state index is 0.0514. The molecule has 0 spiro atoms. The molecule has 0 aliphatic carbocycles. The first-order valence-electron chi connectivity index (χ1n) is 8.17. The number of hydrogen-bond donors (Lipinski definition) is 2. The third kappa shape index (κ3) is 5.44. The number of piperidine rings is 1. The van der Waals surface area contributed by atoms with Gasteiger partial charge in [0.15, 0.2) is 0 Å². The summed E-state index contributed by atoms with van der Waals surface area (Å²) in [4.78, 5) is 13.6. The summed E-state index contributed by atoms with van der Waals surface area (Å²) in [6, 6.07) is 3.19. The Kier molecular flexibility index (Phi) is 5.39. The van der Waals surface area contributed by atoms with Crippen LogP contribution in [0.3, 0.4) is 0 Å². The third-order valence-corrected chi connectivity index (χ3v) is 3.89. The maximum atomic E-state index is 12.8. The molecule has 5 nitrogen and oxygen atoms in total. The number of rotatable bonds is 2. The number of hydrogen-bond acceptors (Lipinski definition) is 4. The second-order valence-corrected chi connectivity index (χ2v) is 7.19. The Morgan fingerprint density at radius 2 is 1.84 bits per heavy atom. The molecule has 0 unspecified atom stereocenters. The lowest BCUT2D eigenvalue weighted by molar-refractivity contribution is -0.137. The highest BCUT2D eigenvalue weighted by Crippen LogP contribution is 2.33. The number of nitrogens with zero attached hydrogens (tertiary/aromatic N) is 1. The summed E-state index contributed by atoms with van der Waals surface area (Å²) in [7, 11) is 0. The van der Waals surface area contributed by atoms with Crippen LogP contribution in [0.5, 0.6) is 0 Å². The van der Waals surface area contributed by atoms with E-state index in [9.17, 15) is 18.0 Å². The van der Waals surface area contributed by atoms with Crippen LogP contribution in [0.25, 0.3) is 0 Å². The summed E-state index contributed by atoms with van der Waals surface area (Å²) in [6.45, 7) is 6.36. The molecule has 1 fully saturated rings. The van der Waals surface area contributed by atoms with E-state index in [1.54, 1.807) is 25.7 Å². The van der Waals surface area contributed by atoms with Gasteiger partial charge in [0.2, 0.25) is 0 Å². The summed E-state index contributed by atoms with van der Waals surface area (Å²) in [5.41, 5.74) is 5.02. The number of nitrogens with one attached hydrogen (secondary N) is 1. The van der Waals surface area contributed by atoms with E-state index < -0.39 is 17.3 Å². The molecule has 0 bridgehead atoms. The Labute approximate surface area is 145 Å². The average Bonchev–Trinajstić information content (AvgIpc) is 2.47. The largest absolute Gasteiger partial charge is 0.444 e. The Hall–Kier alpha value is -2.12. The van der Waals surface area contributed by atoms with Gasteiger partial charge in [0.05, 0.1) is 16.9 Å². The smallest absolute Gasteiger partial charge is 0.416 e. The van der Waals surface area contributed by atoms with Crippen molar-refractivity contribution in [1.82, 2.24) is 4.90 Å². The molecular formula is C17H24F3N3O2. The van der Waals surface area contributed by atoms with E-state index in [2.05, 4.69) is 5.32 Å². The Balaban J connectivity index is 1.95. The molecule has 1 amide bonds. The van der Waals surface area contributed by atoms with E-state index in [-0.39, 0.29) is 23.5 Å². The number of likely N-dealkylation sites (tertiary alicyclic amines) is 1. The second-order valence-electron chi connectivity index (χ2n) is 7.19. The van der Waals surface area contributed by atoms with Crippen LogP contribution in [0.15, 0.2) is 18.2 Å². The van der Waals surface area contributed by atoms with Gasteiger partial charge in [-0.3, -0.25) is 0 Å². The summed E-state index contributed by atoms with van der Waals surface area (Å²) < 4.78 is 43.8. The lowest BCUT2D eigenvalue weighted by Crippen LogP contribution is -2.44. The van der Waals surface area contributed by atoms with Gasteiger partial charge in [-0.15, -0.1) is 0 Å². The van der Waals surface area contributed by atoms with Crippen molar-refractivity contribution < 1.29 is 22.7 Å². The average molecular weight is 359 g/mol. The monoisotopic (exact) mass is 359 g/mol. The van der Waals surface area contributed by atoms with Crippen molar-refractivity contribution in [2.75, 3.05) is 24.1 Å². The summed E-state index contributed by atoms with van der Waals surface area (Å²) in [5.74, 6) is 0. The number of benzene rings is 1. The van der Waals surface area contributed by atoms with Gasteiger partial charge < -0.3 is 20.7 Å². The van der Waals surface area contributed by atoms with Crippen molar-refractivity contribution in [2.45, 2.75) is 51.4 Å². The van der Waals surface area contributed by atoms with Crippen LogP contribution in [0.2, 0.25) is 0 Å². The highest BCUT2D eigenvalue weighted by molar-refractivity contribution is 5.69. The van der Waals surface area contributed by atoms with Crippen LogP contribution >= 0.6 is 0 Å². The maximum Gasteiger partial charge on any atom is 0.416 e. The van der Waals surface area contributed by atoms with E-state index in [1.807, 2.05) is 0 Å². The fourth-order valence-electron chi connectivity index (χ4n) is 2.61. The topological polar surface area (TPSA) is 67.6 Å². The Bertz CT molecular complexity index is 619. The Morgan fingerprint density at radius 1 is 1.24 bits per heavy atom. The number of carbonyl (C=O) groups excluding carboxylic acids is 1. The van der Waals surface area contributed by atoms with Crippen molar-refractivity contribution in [3.63, 3.8) is 0 Å². The van der Waals surface area contributed by atoms with E-state index in [1.165, 1.54) is 6.07 Å². The van der Waals surface area contributed by atoms with Gasteiger partial charge in [0, 0.05) is 19.1 Å². The minimum atomic E-state index is -4.41. The van der Waals surface area contributed by atoms with Crippen LogP contribution < -0.4 is 11.1 Å². The van der Waals surface area contributed by atoms with Crippen molar-refractivity contribution in [3.05, 3.63) is 23.8 Å². The number of carbonyl (C=O) groups is 1. The van der Waals surface area contributed by atoms with Crippen LogP contribution in [0.1, 0.15) is 39.2 Å². The first-order valence-corrected chi connectivity index (χ1v) is 8.17. The van der Waals surface area contributed by atoms with Gasteiger partial charge in [-0.25, -0.2) is 4.79 Å². The van der Waals surface area contributed by atoms with Gasteiger partial charge in [0.1, 0.15) is 5.60 Å². The van der Waals surface area contributed by atoms with Gasteiger partial charge in [-0.05, 0) is 51.8 Å². The predicted molar refractivity (Wildman–Crippen MR) is 90.3 cm³/mol. The molecule has 0 radical (unpaired) electrons. The number of alkyl halides is 3. The Morgan fingerprint density at radius 3 is 2.36 bits per heavy atom. The number of halogens is 3. The van der Waals surface area contributed by atoms with Crippen LogP contribution in [-0.4, -0.2) is 35.7 Å². The van der Waals surface area contributed by atoms with Gasteiger partial charge in [-0.1, -0.05) is 0 Å². The zero-order chi connectivity index (χ0) is 18.8. The zero-order valence-corrected chi connectivity index (χ0v) is 14.6. The van der Waals surface area contributed by atoms with Crippen LogP contribution in [0.4, 0.5) is 29.3 Å². The first kappa shape index (κ1) is 19.2. The maximum absolute atomic E-state index is 12.8. The summed E-state index contributed by atoms with van der Waals surface area (Å²) in [6.07, 6.45) is -3.57. The van der Waals surface area contributed by atoms with Gasteiger partial charge in [-0.2, -0.15) is 13.2 Å². The fraction of sp³-hybridized carbons (Fsp3) is 0.588.